The molecule has 7 nitrogen and oxygen atoms in total. The largest absolute Gasteiger partial charge is 0.454 e. The maximum absolute atomic E-state index is 12.3. The van der Waals surface area contributed by atoms with Crippen molar-refractivity contribution >= 4 is 15.9 Å². The molecule has 0 aliphatic carbocycles. The van der Waals surface area contributed by atoms with E-state index in [1.807, 2.05) is 31.2 Å². The van der Waals surface area contributed by atoms with Crippen molar-refractivity contribution in [2.45, 2.75) is 20.0 Å². The van der Waals surface area contributed by atoms with Gasteiger partial charge in [-0.1, -0.05) is 30.3 Å². The van der Waals surface area contributed by atoms with Crippen molar-refractivity contribution < 1.29 is 22.7 Å². The molecular weight excluding hydrogens is 368 g/mol. The molecule has 1 aliphatic rings. The van der Waals surface area contributed by atoms with Gasteiger partial charge in [0.2, 0.25) is 22.7 Å². The molecule has 0 unspecified atom stereocenters. The molecule has 1 amide bonds. The number of hydrogen-bond donors (Lipinski definition) is 1. The number of nitrogens with zero attached hydrogens (tertiary/aromatic N) is 1. The maximum Gasteiger partial charge on any atom is 0.235 e. The van der Waals surface area contributed by atoms with Crippen molar-refractivity contribution in [2.24, 2.45) is 0 Å². The van der Waals surface area contributed by atoms with E-state index in [1.54, 1.807) is 18.2 Å². The lowest BCUT2D eigenvalue weighted by atomic mass is 10.1. The van der Waals surface area contributed by atoms with Crippen LogP contribution in [0.4, 0.5) is 0 Å². The van der Waals surface area contributed by atoms with Gasteiger partial charge in [0.15, 0.2) is 11.5 Å². The van der Waals surface area contributed by atoms with Gasteiger partial charge < -0.3 is 14.8 Å². The normalized spacial score (nSPS) is 13.0. The van der Waals surface area contributed by atoms with Gasteiger partial charge in [-0.3, -0.25) is 4.79 Å². The van der Waals surface area contributed by atoms with Crippen molar-refractivity contribution in [1.82, 2.24) is 9.62 Å². The van der Waals surface area contributed by atoms with E-state index in [0.29, 0.717) is 18.0 Å². The van der Waals surface area contributed by atoms with E-state index in [0.717, 1.165) is 27.3 Å². The Bertz CT molecular complexity index is 943. The van der Waals surface area contributed by atoms with Crippen molar-refractivity contribution in [3.05, 3.63) is 59.2 Å². The van der Waals surface area contributed by atoms with Gasteiger partial charge in [-0.2, -0.15) is 4.31 Å². The third-order valence-corrected chi connectivity index (χ3v) is 5.52. The molecule has 0 saturated carbocycles. The Morgan fingerprint density at radius 2 is 1.89 bits per heavy atom. The van der Waals surface area contributed by atoms with E-state index in [1.165, 1.54) is 0 Å². The number of amides is 1. The molecule has 2 aromatic carbocycles. The number of fused-ring (bicyclic) bond motifs is 1. The van der Waals surface area contributed by atoms with E-state index in [9.17, 15) is 13.2 Å². The second-order valence-corrected chi connectivity index (χ2v) is 8.40. The molecule has 0 aromatic heterocycles. The Kier molecular flexibility index (Phi) is 5.67. The number of benzene rings is 2. The summed E-state index contributed by atoms with van der Waals surface area (Å²) < 4.78 is 36.0. The molecule has 0 bridgehead atoms. The lowest BCUT2D eigenvalue weighted by molar-refractivity contribution is -0.121. The number of aryl methyl sites for hydroxylation is 1. The van der Waals surface area contributed by atoms with Crippen molar-refractivity contribution in [1.29, 1.82) is 0 Å². The van der Waals surface area contributed by atoms with Crippen LogP contribution in [0.15, 0.2) is 42.5 Å². The fraction of sp³-hybridized carbons (Fsp3) is 0.316. The molecule has 1 heterocycles. The lowest BCUT2D eigenvalue weighted by Gasteiger charge is -2.20. The molecule has 0 fully saturated rings. The second kappa shape index (κ2) is 7.98. The monoisotopic (exact) mass is 390 g/mol. The summed E-state index contributed by atoms with van der Waals surface area (Å²) >= 11 is 0. The molecule has 8 heteroatoms. The van der Waals surface area contributed by atoms with Crippen LogP contribution in [0.1, 0.15) is 16.7 Å². The van der Waals surface area contributed by atoms with Gasteiger partial charge in [0.25, 0.3) is 0 Å². The minimum Gasteiger partial charge on any atom is -0.454 e. The van der Waals surface area contributed by atoms with Gasteiger partial charge in [-0.15, -0.1) is 0 Å². The van der Waals surface area contributed by atoms with Gasteiger partial charge in [0.1, 0.15) is 0 Å². The second-order valence-electron chi connectivity index (χ2n) is 6.42. The van der Waals surface area contributed by atoms with Gasteiger partial charge >= 0.3 is 0 Å². The molecule has 2 aromatic rings. The van der Waals surface area contributed by atoms with Crippen molar-refractivity contribution in [2.75, 3.05) is 19.6 Å². The Labute approximate surface area is 158 Å². The first-order valence-corrected chi connectivity index (χ1v) is 10.3. The predicted octanol–water partition coefficient (Wildman–Crippen LogP) is 1.80. The summed E-state index contributed by atoms with van der Waals surface area (Å²) in [5.41, 5.74) is 2.78. The number of rotatable bonds is 7. The predicted molar refractivity (Wildman–Crippen MR) is 101 cm³/mol. The highest BCUT2D eigenvalue weighted by molar-refractivity contribution is 7.88. The molecule has 27 heavy (non-hydrogen) atoms. The number of nitrogens with one attached hydrogen (secondary N) is 1. The third-order valence-electron chi connectivity index (χ3n) is 4.32. The van der Waals surface area contributed by atoms with Gasteiger partial charge in [0, 0.05) is 13.1 Å². The van der Waals surface area contributed by atoms with Crippen LogP contribution in [0.5, 0.6) is 11.5 Å². The first kappa shape index (κ1) is 19.2. The summed E-state index contributed by atoms with van der Waals surface area (Å²) in [6, 6.07) is 12.9. The Morgan fingerprint density at radius 3 is 2.63 bits per heavy atom. The van der Waals surface area contributed by atoms with Crippen LogP contribution in [0, 0.1) is 6.92 Å². The number of carbonyl (C=O) groups excluding carboxylic acids is 1. The zero-order chi connectivity index (χ0) is 19.4. The van der Waals surface area contributed by atoms with E-state index in [-0.39, 0.29) is 25.8 Å². The number of carbonyl (C=O) groups is 1. The van der Waals surface area contributed by atoms with Crippen LogP contribution >= 0.6 is 0 Å². The van der Waals surface area contributed by atoms with Gasteiger partial charge in [-0.25, -0.2) is 8.42 Å². The first-order chi connectivity index (χ1) is 12.8. The zero-order valence-electron chi connectivity index (χ0n) is 15.3. The molecule has 0 atom stereocenters. The van der Waals surface area contributed by atoms with Crippen molar-refractivity contribution in [3.8, 4) is 11.5 Å². The van der Waals surface area contributed by atoms with Crippen LogP contribution in [0.3, 0.4) is 0 Å². The van der Waals surface area contributed by atoms with Gasteiger partial charge in [0.05, 0.1) is 12.8 Å². The van der Waals surface area contributed by atoms with E-state index in [4.69, 9.17) is 9.47 Å². The highest BCUT2D eigenvalue weighted by Gasteiger charge is 2.22. The Morgan fingerprint density at radius 1 is 1.15 bits per heavy atom. The maximum atomic E-state index is 12.3. The summed E-state index contributed by atoms with van der Waals surface area (Å²) in [6.45, 7) is 2.29. The Hall–Kier alpha value is -2.58. The topological polar surface area (TPSA) is 84.9 Å². The molecular formula is C19H22N2O5S. The summed E-state index contributed by atoms with van der Waals surface area (Å²) in [6.07, 6.45) is 1.09. The van der Waals surface area contributed by atoms with E-state index in [2.05, 4.69) is 5.32 Å². The lowest BCUT2D eigenvalue weighted by Crippen LogP contribution is -2.39. The molecule has 1 aliphatic heterocycles. The highest BCUT2D eigenvalue weighted by Crippen LogP contribution is 2.32. The molecule has 0 spiro atoms. The van der Waals surface area contributed by atoms with E-state index >= 15 is 0 Å². The third kappa shape index (κ3) is 4.99. The smallest absolute Gasteiger partial charge is 0.235 e. The minimum absolute atomic E-state index is 0.0766. The summed E-state index contributed by atoms with van der Waals surface area (Å²) in [5, 5.41) is 2.78. The molecule has 144 valence electrons. The van der Waals surface area contributed by atoms with Crippen LogP contribution in [-0.2, 0) is 27.9 Å². The van der Waals surface area contributed by atoms with Gasteiger partial charge in [-0.05, 0) is 35.7 Å². The van der Waals surface area contributed by atoms with Crippen LogP contribution in [0.2, 0.25) is 0 Å². The van der Waals surface area contributed by atoms with Crippen LogP contribution in [-0.4, -0.2) is 38.2 Å². The van der Waals surface area contributed by atoms with Crippen LogP contribution < -0.4 is 14.8 Å². The SMILES string of the molecule is Cc1ccccc1CNC(=O)CN(Cc1ccc2c(c1)OCO2)S(C)(=O)=O. The first-order valence-electron chi connectivity index (χ1n) is 8.48. The molecule has 1 N–H and O–H groups in total. The average molecular weight is 390 g/mol. The number of sulfonamides is 1. The fourth-order valence-corrected chi connectivity index (χ4v) is 3.49. The quantitative estimate of drug-likeness (QED) is 0.779. The molecule has 0 radical (unpaired) electrons. The number of ether oxygens (including phenoxy) is 2. The standard InChI is InChI=1S/C19H22N2O5S/c1-14-5-3-4-6-16(14)10-20-19(22)12-21(27(2,23)24)11-15-7-8-17-18(9-15)26-13-25-17/h3-9H,10-13H2,1-2H3,(H,20,22). The molecule has 3 rings (SSSR count). The van der Waals surface area contributed by atoms with E-state index < -0.39 is 10.0 Å². The summed E-state index contributed by atoms with van der Waals surface area (Å²) in [5.74, 6) is 0.843. The summed E-state index contributed by atoms with van der Waals surface area (Å²) in [4.78, 5) is 12.3. The van der Waals surface area contributed by atoms with Crippen molar-refractivity contribution in [3.63, 3.8) is 0 Å². The fourth-order valence-electron chi connectivity index (χ4n) is 2.75. The highest BCUT2D eigenvalue weighted by atomic mass is 32.2. The summed E-state index contributed by atoms with van der Waals surface area (Å²) in [7, 11) is -3.56. The Balaban J connectivity index is 1.65. The number of hydrogen-bond acceptors (Lipinski definition) is 5. The average Bonchev–Trinajstić information content (AvgIpc) is 3.07. The van der Waals surface area contributed by atoms with Crippen LogP contribution in [0.25, 0.3) is 0 Å². The minimum atomic E-state index is -3.56. The molecule has 0 saturated heterocycles. The zero-order valence-corrected chi connectivity index (χ0v) is 16.1.